The molecule has 0 saturated carbocycles. The minimum Gasteiger partial charge on any atom is -0.487 e. The highest BCUT2D eigenvalue weighted by Crippen LogP contribution is 2.32. The number of amides is 1. The molecular weight excluding hydrogens is 671 g/mol. The monoisotopic (exact) mass is 691 g/mol. The quantitative estimate of drug-likeness (QED) is 0.333. The van der Waals surface area contributed by atoms with Crippen molar-refractivity contribution in [2.45, 2.75) is 45.4 Å². The maximum absolute atomic E-state index is 12.0. The summed E-state index contributed by atoms with van der Waals surface area (Å²) in [4.78, 5) is 23.6. The number of rotatable bonds is 7. The molecule has 0 saturated heterocycles. The van der Waals surface area contributed by atoms with Gasteiger partial charge in [0.25, 0.3) is 0 Å². The Labute approximate surface area is 218 Å². The van der Waals surface area contributed by atoms with Crippen molar-refractivity contribution in [1.82, 2.24) is 5.32 Å². The molecule has 168 valence electrons. The Kier molecular flexibility index (Phi) is 9.53. The summed E-state index contributed by atoms with van der Waals surface area (Å²) < 4.78 is 12.7. The molecule has 2 N–H and O–H groups in total. The highest BCUT2D eigenvalue weighted by Gasteiger charge is 2.25. The molecule has 6 nitrogen and oxygen atoms in total. The summed E-state index contributed by atoms with van der Waals surface area (Å²) in [5.41, 5.74) is 0.705. The smallest absolute Gasteiger partial charge is 0.408 e. The van der Waals surface area contributed by atoms with Crippen LogP contribution in [0.15, 0.2) is 30.3 Å². The highest BCUT2D eigenvalue weighted by molar-refractivity contribution is 14.1. The molecule has 31 heavy (non-hydrogen) atoms. The van der Waals surface area contributed by atoms with E-state index in [2.05, 4.69) is 50.5 Å². The topological polar surface area (TPSA) is 84.9 Å². The van der Waals surface area contributed by atoms with Gasteiger partial charge in [0, 0.05) is 22.0 Å². The van der Waals surface area contributed by atoms with Crippen molar-refractivity contribution in [1.29, 1.82) is 0 Å². The lowest BCUT2D eigenvalue weighted by Gasteiger charge is -2.22. The number of halogens is 4. The van der Waals surface area contributed by atoms with Crippen molar-refractivity contribution < 1.29 is 24.2 Å². The van der Waals surface area contributed by atoms with Gasteiger partial charge in [-0.15, -0.1) is 0 Å². The standard InChI is InChI=1S/C21H21Cl2I2NO5/c1-21(2,3)31-20(29)26-17(19(27)28)9-11-7-15(24)18(16(25)8-11)30-10-12-13(22)5-4-6-14(12)23/h4-8,17H,9-10H2,1-3H3,(H,26,29)(H,27,28)/t17-/m1/s1. The van der Waals surface area contributed by atoms with Gasteiger partial charge in [-0.25, -0.2) is 9.59 Å². The molecular formula is C21H21Cl2I2NO5. The summed E-state index contributed by atoms with van der Waals surface area (Å²) in [5, 5.41) is 13.0. The molecule has 0 bridgehead atoms. The van der Waals surface area contributed by atoms with E-state index >= 15 is 0 Å². The molecule has 0 heterocycles. The number of carboxylic acid groups (broad SMARTS) is 1. The number of carboxylic acids is 1. The van der Waals surface area contributed by atoms with Crippen LogP contribution in [0, 0.1) is 7.14 Å². The van der Waals surface area contributed by atoms with Gasteiger partial charge in [-0.1, -0.05) is 29.3 Å². The van der Waals surface area contributed by atoms with Gasteiger partial charge in [0.05, 0.1) is 7.14 Å². The van der Waals surface area contributed by atoms with E-state index in [0.29, 0.717) is 21.4 Å². The third kappa shape index (κ3) is 8.14. The maximum atomic E-state index is 12.0. The number of hydrogen-bond acceptors (Lipinski definition) is 4. The Morgan fingerprint density at radius 3 is 2.16 bits per heavy atom. The van der Waals surface area contributed by atoms with E-state index in [-0.39, 0.29) is 13.0 Å². The van der Waals surface area contributed by atoms with Crippen LogP contribution in [-0.4, -0.2) is 28.8 Å². The average Bonchev–Trinajstić information content (AvgIpc) is 2.60. The normalized spacial score (nSPS) is 12.2. The summed E-state index contributed by atoms with van der Waals surface area (Å²) in [6.45, 7) is 5.33. The first kappa shape index (κ1) is 26.3. The molecule has 0 aromatic heterocycles. The van der Waals surface area contributed by atoms with Gasteiger partial charge in [-0.3, -0.25) is 0 Å². The highest BCUT2D eigenvalue weighted by atomic mass is 127. The molecule has 0 aliphatic heterocycles. The van der Waals surface area contributed by atoms with Gasteiger partial charge >= 0.3 is 12.1 Å². The lowest BCUT2D eigenvalue weighted by Crippen LogP contribution is -2.44. The SMILES string of the molecule is CC(C)(C)OC(=O)N[C@H](Cc1cc(I)c(OCc2c(Cl)cccc2Cl)c(I)c1)C(=O)O. The van der Waals surface area contributed by atoms with Crippen molar-refractivity contribution in [2.75, 3.05) is 0 Å². The van der Waals surface area contributed by atoms with Gasteiger partial charge < -0.3 is 19.9 Å². The minimum atomic E-state index is -1.15. The third-order valence-corrected chi connectivity index (χ3v) is 6.22. The van der Waals surface area contributed by atoms with Crippen molar-refractivity contribution in [3.63, 3.8) is 0 Å². The molecule has 0 aliphatic rings. The number of nitrogens with one attached hydrogen (secondary N) is 1. The van der Waals surface area contributed by atoms with Crippen LogP contribution < -0.4 is 10.1 Å². The number of benzene rings is 2. The first-order valence-corrected chi connectivity index (χ1v) is 12.0. The molecule has 10 heteroatoms. The number of hydrogen-bond donors (Lipinski definition) is 2. The van der Waals surface area contributed by atoms with E-state index in [1.807, 2.05) is 12.1 Å². The Hall–Kier alpha value is -0.980. The van der Waals surface area contributed by atoms with Gasteiger partial charge in [0.15, 0.2) is 0 Å². The molecule has 1 amide bonds. The van der Waals surface area contributed by atoms with Gasteiger partial charge in [0.1, 0.15) is 24.0 Å². The molecule has 0 unspecified atom stereocenters. The fourth-order valence-corrected chi connectivity index (χ4v) is 5.28. The molecule has 0 fully saturated rings. The molecule has 1 atom stereocenters. The Morgan fingerprint density at radius 1 is 1.13 bits per heavy atom. The van der Waals surface area contributed by atoms with Crippen LogP contribution in [0.4, 0.5) is 4.79 Å². The summed E-state index contributed by atoms with van der Waals surface area (Å²) in [6, 6.07) is 7.76. The van der Waals surface area contributed by atoms with Crippen LogP contribution in [0.1, 0.15) is 31.9 Å². The molecule has 0 spiro atoms. The number of alkyl carbamates (subject to hydrolysis) is 1. The Bertz CT molecular complexity index is 935. The second-order valence-corrected chi connectivity index (χ2v) is 10.8. The lowest BCUT2D eigenvalue weighted by atomic mass is 10.1. The van der Waals surface area contributed by atoms with Crippen molar-refractivity contribution >= 4 is 80.4 Å². The first-order valence-electron chi connectivity index (χ1n) is 9.13. The van der Waals surface area contributed by atoms with Crippen molar-refractivity contribution in [2.24, 2.45) is 0 Å². The summed E-state index contributed by atoms with van der Waals surface area (Å²) in [5.74, 6) is -0.502. The van der Waals surface area contributed by atoms with Crippen LogP contribution in [0.2, 0.25) is 10.0 Å². The lowest BCUT2D eigenvalue weighted by molar-refractivity contribution is -0.139. The molecule has 2 rings (SSSR count). The second kappa shape index (κ2) is 11.2. The predicted molar refractivity (Wildman–Crippen MR) is 137 cm³/mol. The predicted octanol–water partition coefficient (Wildman–Crippen LogP) is 6.30. The maximum Gasteiger partial charge on any atom is 0.408 e. The minimum absolute atomic E-state index is 0.0944. The number of aliphatic carboxylic acids is 1. The molecule has 0 radical (unpaired) electrons. The van der Waals surface area contributed by atoms with E-state index < -0.39 is 23.7 Å². The average molecular weight is 692 g/mol. The molecule has 2 aromatic rings. The Morgan fingerprint density at radius 2 is 1.68 bits per heavy atom. The fourth-order valence-electron chi connectivity index (χ4n) is 2.57. The third-order valence-electron chi connectivity index (χ3n) is 3.91. The van der Waals surface area contributed by atoms with Gasteiger partial charge in [-0.2, -0.15) is 0 Å². The van der Waals surface area contributed by atoms with Crippen molar-refractivity contribution in [3.8, 4) is 5.75 Å². The zero-order valence-electron chi connectivity index (χ0n) is 17.0. The van der Waals surface area contributed by atoms with Crippen LogP contribution in [0.25, 0.3) is 0 Å². The van der Waals surface area contributed by atoms with E-state index in [0.717, 1.165) is 12.7 Å². The van der Waals surface area contributed by atoms with E-state index in [4.69, 9.17) is 32.7 Å². The van der Waals surface area contributed by atoms with Crippen molar-refractivity contribution in [3.05, 3.63) is 58.6 Å². The van der Waals surface area contributed by atoms with Gasteiger partial charge in [-0.05, 0) is 95.8 Å². The van der Waals surface area contributed by atoms with E-state index in [9.17, 15) is 14.7 Å². The summed E-state index contributed by atoms with van der Waals surface area (Å²) in [6.07, 6.45) is -0.683. The largest absolute Gasteiger partial charge is 0.487 e. The summed E-state index contributed by atoms with van der Waals surface area (Å²) >= 11 is 16.6. The first-order chi connectivity index (χ1) is 14.4. The van der Waals surface area contributed by atoms with E-state index in [1.165, 1.54) is 0 Å². The fraction of sp³-hybridized carbons (Fsp3) is 0.333. The van der Waals surface area contributed by atoms with Gasteiger partial charge in [0.2, 0.25) is 0 Å². The van der Waals surface area contributed by atoms with E-state index in [1.54, 1.807) is 39.0 Å². The number of carbonyl (C=O) groups is 2. The second-order valence-electron chi connectivity index (χ2n) is 7.62. The zero-order valence-corrected chi connectivity index (χ0v) is 22.8. The number of carbonyl (C=O) groups excluding carboxylic acids is 1. The van der Waals surface area contributed by atoms with Crippen LogP contribution in [0.5, 0.6) is 5.75 Å². The number of ether oxygens (including phenoxy) is 2. The zero-order chi connectivity index (χ0) is 23.3. The Balaban J connectivity index is 2.14. The molecule has 2 aromatic carbocycles. The van der Waals surface area contributed by atoms with Crippen LogP contribution in [-0.2, 0) is 22.6 Å². The summed E-state index contributed by atoms with van der Waals surface area (Å²) in [7, 11) is 0. The molecule has 0 aliphatic carbocycles. The van der Waals surface area contributed by atoms with Crippen LogP contribution >= 0.6 is 68.4 Å². The van der Waals surface area contributed by atoms with Crippen LogP contribution in [0.3, 0.4) is 0 Å².